The third kappa shape index (κ3) is 12.4. The second-order valence-corrected chi connectivity index (χ2v) is 30.8. The third-order valence-electron chi connectivity index (χ3n) is 24.6. The number of hydrogen-bond donors (Lipinski definition) is 19. The van der Waals surface area contributed by atoms with Gasteiger partial charge in [-0.15, -0.1) is 0 Å². The molecule has 32 nitrogen and oxygen atoms in total. The monoisotopic (exact) mass is 1370 g/mol. The highest BCUT2D eigenvalue weighted by atomic mass is 16.8. The Morgan fingerprint density at radius 1 is 0.558 bits per heavy atom. The van der Waals surface area contributed by atoms with Crippen molar-refractivity contribution in [2.75, 3.05) is 46.2 Å². The molecule has 19 N–H and O–H groups in total. The van der Waals surface area contributed by atoms with Crippen molar-refractivity contribution in [2.45, 2.75) is 277 Å². The van der Waals surface area contributed by atoms with Gasteiger partial charge in [-0.05, 0) is 97.7 Å². The lowest BCUT2D eigenvalue weighted by molar-refractivity contribution is -0.372. The summed E-state index contributed by atoms with van der Waals surface area (Å²) >= 11 is 0. The number of allylic oxidation sites excluding steroid dienone is 2. The molecular formula is C63H102O32. The molecule has 0 radical (unpaired) electrons. The van der Waals surface area contributed by atoms with E-state index in [0.717, 1.165) is 5.57 Å². The van der Waals surface area contributed by atoms with Crippen LogP contribution in [-0.2, 0) is 61.6 Å². The molecule has 6 saturated heterocycles. The summed E-state index contributed by atoms with van der Waals surface area (Å²) in [5.74, 6) is -2.08. The fourth-order valence-corrected chi connectivity index (χ4v) is 18.8. The fraction of sp³-hybridized carbons (Fsp3) is 0.952. The Morgan fingerprint density at radius 3 is 1.83 bits per heavy atom. The number of fused-ring (bicyclic) bond motifs is 7. The van der Waals surface area contributed by atoms with Gasteiger partial charge in [-0.25, -0.2) is 0 Å². The van der Waals surface area contributed by atoms with E-state index in [2.05, 4.69) is 40.7 Å². The second-order valence-electron chi connectivity index (χ2n) is 30.8. The highest BCUT2D eigenvalue weighted by Gasteiger charge is 2.73. The third-order valence-corrected chi connectivity index (χ3v) is 24.6. The Hall–Kier alpha value is -1.99. The van der Waals surface area contributed by atoms with Crippen LogP contribution in [0.15, 0.2) is 11.6 Å². The number of rotatable bonds is 16. The summed E-state index contributed by atoms with van der Waals surface area (Å²) in [6.07, 6.45) is -41.3. The topological polar surface area (TPSA) is 512 Å². The van der Waals surface area contributed by atoms with Gasteiger partial charge >= 0.3 is 5.97 Å². The SMILES string of the molecule is C[C@@H]1O[C@@H](O[C@H]2[C@H](OC(=O)[C@]34CCC(C)(C)C[C@H]3C3=CC[C@H]5C(C)(CC[C@H]6[C@](C)(CO)[C@@H](O[C@@H]7O[C@H](CO[C@@H]8O[C@H](CO)[C@@H](O)[C@H](O)[C@H]8O)[C@@H](O)[C@H](O)[C@H]7O)[C@@H](O)C[C@@]65C)C3(C)CC4O)OC[C@H](O)[C@@H]2O)[C@H](O)[C@H](O)[C@H]1O[C@@H]1OC[C@@H](O)[C@H](O[C@@H]2OC[C@](O)(CO)[C@H]2O)[C@H]1O. The smallest absolute Gasteiger partial charge is 0.317 e. The minimum atomic E-state index is -2.09. The predicted octanol–water partition coefficient (Wildman–Crippen LogP) is -6.53. The maximum atomic E-state index is 15.5. The molecule has 0 aromatic heterocycles. The first-order valence-corrected chi connectivity index (χ1v) is 33.2. The van der Waals surface area contributed by atoms with Crippen LogP contribution in [0.25, 0.3) is 0 Å². The van der Waals surface area contributed by atoms with Crippen LogP contribution in [0.1, 0.15) is 99.8 Å². The van der Waals surface area contributed by atoms with Gasteiger partial charge in [0.25, 0.3) is 0 Å². The number of hydrogen-bond acceptors (Lipinski definition) is 32. The molecule has 6 heterocycles. The van der Waals surface area contributed by atoms with Gasteiger partial charge in [-0.1, -0.05) is 53.2 Å². The van der Waals surface area contributed by atoms with Crippen molar-refractivity contribution in [3.8, 4) is 0 Å². The normalized spacial score (nSPS) is 55.5. The maximum absolute atomic E-state index is 15.5. The lowest BCUT2D eigenvalue weighted by Crippen LogP contribution is -2.70. The molecule has 32 heteroatoms. The molecule has 11 aliphatic rings. The first-order chi connectivity index (χ1) is 44.5. The molecule has 0 aromatic rings. The Bertz CT molecular complexity index is 2700. The molecule has 546 valence electrons. The Kier molecular flexibility index (Phi) is 21.3. The molecule has 6 aliphatic heterocycles. The molecule has 3 unspecified atom stereocenters. The number of carbonyl (C=O) groups excluding carboxylic acids is 1. The summed E-state index contributed by atoms with van der Waals surface area (Å²) in [5.41, 5.74) is -6.52. The molecule has 5 aliphatic carbocycles. The van der Waals surface area contributed by atoms with E-state index in [0.29, 0.717) is 32.1 Å². The highest BCUT2D eigenvalue weighted by Crippen LogP contribution is 2.76. The molecule has 37 atom stereocenters. The Balaban J connectivity index is 0.786. The van der Waals surface area contributed by atoms with Crippen molar-refractivity contribution in [3.63, 3.8) is 0 Å². The molecule has 10 fully saturated rings. The first kappa shape index (κ1) is 74.2. The Morgan fingerprint density at radius 2 is 1.17 bits per heavy atom. The average Bonchev–Trinajstić information content (AvgIpc) is 1.31. The summed E-state index contributed by atoms with van der Waals surface area (Å²) in [6, 6.07) is 0. The van der Waals surface area contributed by atoms with Crippen LogP contribution < -0.4 is 0 Å². The van der Waals surface area contributed by atoms with E-state index in [1.165, 1.54) is 6.92 Å². The van der Waals surface area contributed by atoms with Crippen LogP contribution in [0.2, 0.25) is 0 Å². The number of esters is 1. The van der Waals surface area contributed by atoms with E-state index >= 15 is 4.79 Å². The van der Waals surface area contributed by atoms with Gasteiger partial charge in [0.1, 0.15) is 115 Å². The van der Waals surface area contributed by atoms with Crippen LogP contribution in [0, 0.1) is 50.2 Å². The van der Waals surface area contributed by atoms with Crippen LogP contribution in [-0.4, -0.2) is 327 Å². The van der Waals surface area contributed by atoms with E-state index in [-0.39, 0.29) is 36.5 Å². The van der Waals surface area contributed by atoms with Crippen LogP contribution >= 0.6 is 0 Å². The van der Waals surface area contributed by atoms with Crippen LogP contribution in [0.3, 0.4) is 0 Å². The van der Waals surface area contributed by atoms with Crippen molar-refractivity contribution in [1.82, 2.24) is 0 Å². The first-order valence-electron chi connectivity index (χ1n) is 33.2. The zero-order chi connectivity index (χ0) is 69.4. The molecule has 0 aromatic carbocycles. The average molecular weight is 1370 g/mol. The lowest BCUT2D eigenvalue weighted by atomic mass is 9.33. The van der Waals surface area contributed by atoms with E-state index in [4.69, 9.17) is 56.8 Å². The van der Waals surface area contributed by atoms with Crippen molar-refractivity contribution in [2.24, 2.45) is 50.2 Å². The standard InChI is InChI=1S/C63H102O32/c1-24-45(91-51-44(80)46(29(69)19-84-51)92-55-48(81)62(83,22-66)23-87-55)40(76)43(79)52(88-24)93-47-35(71)28(68)18-85-54(47)95-56(82)63-13-12-57(2,3)14-26(63)25-8-9-33-58(4)15-27(67)49(59(5,21-65)32(58)10-11-60(33,6)61(25,7)16-34(63)70)94-53-42(78)39(75)37(73)31(90-53)20-86-50-41(77)38(74)36(72)30(17-64)89-50/h8,24,26-55,64-81,83H,9-23H2,1-7H3/t24-,26-,27-,28-,29+,30+,31+,32+,33+,34?,35-,36+,37+,38-,39-,40-,41+,42+,43+,44+,45-,46-,47+,48-,49-,50+,51-,52-,53-,54-,55-,58-,59-,60?,61?,62+,63+/m0/s1. The molecule has 4 saturated carbocycles. The van der Waals surface area contributed by atoms with E-state index in [1.807, 2.05) is 0 Å². The van der Waals surface area contributed by atoms with Crippen molar-refractivity contribution >= 4 is 5.97 Å². The summed E-state index contributed by atoms with van der Waals surface area (Å²) in [5, 5.41) is 210. The van der Waals surface area contributed by atoms with Crippen molar-refractivity contribution in [3.05, 3.63) is 11.6 Å². The number of aliphatic hydroxyl groups excluding tert-OH is 18. The van der Waals surface area contributed by atoms with Gasteiger partial charge in [0, 0.05) is 5.41 Å². The van der Waals surface area contributed by atoms with E-state index in [1.54, 1.807) is 6.92 Å². The zero-order valence-electron chi connectivity index (χ0n) is 54.4. The van der Waals surface area contributed by atoms with E-state index < -0.39 is 263 Å². The van der Waals surface area contributed by atoms with Gasteiger partial charge in [-0.3, -0.25) is 4.79 Å². The summed E-state index contributed by atoms with van der Waals surface area (Å²) in [4.78, 5) is 15.5. The molecule has 95 heavy (non-hydrogen) atoms. The number of carbonyl (C=O) groups is 1. The molecule has 0 spiro atoms. The molecule has 0 bridgehead atoms. The minimum Gasteiger partial charge on any atom is -0.432 e. The van der Waals surface area contributed by atoms with Gasteiger partial charge in [0.2, 0.25) is 6.29 Å². The van der Waals surface area contributed by atoms with Crippen LogP contribution in [0.4, 0.5) is 0 Å². The van der Waals surface area contributed by atoms with Gasteiger partial charge in [0.05, 0.1) is 70.7 Å². The summed E-state index contributed by atoms with van der Waals surface area (Å²) in [6.45, 7) is 9.42. The lowest BCUT2D eigenvalue weighted by Gasteiger charge is -2.72. The fourth-order valence-electron chi connectivity index (χ4n) is 18.8. The molecule has 11 rings (SSSR count). The van der Waals surface area contributed by atoms with Crippen molar-refractivity contribution in [1.29, 1.82) is 0 Å². The second kappa shape index (κ2) is 27.3. The molecule has 0 amide bonds. The maximum Gasteiger partial charge on any atom is 0.317 e. The molecular weight excluding hydrogens is 1270 g/mol. The number of aliphatic hydroxyl groups is 19. The highest BCUT2D eigenvalue weighted by molar-refractivity contribution is 5.80. The number of ether oxygens (including phenoxy) is 12. The van der Waals surface area contributed by atoms with Crippen LogP contribution in [0.5, 0.6) is 0 Å². The van der Waals surface area contributed by atoms with E-state index in [9.17, 15) is 97.0 Å². The Labute approximate surface area is 548 Å². The van der Waals surface area contributed by atoms with Crippen molar-refractivity contribution < 1.29 is 159 Å². The summed E-state index contributed by atoms with van der Waals surface area (Å²) in [7, 11) is 0. The van der Waals surface area contributed by atoms with Gasteiger partial charge in [0.15, 0.2) is 37.6 Å². The predicted molar refractivity (Wildman–Crippen MR) is 313 cm³/mol. The van der Waals surface area contributed by atoms with Gasteiger partial charge < -0.3 is 154 Å². The zero-order valence-corrected chi connectivity index (χ0v) is 54.4. The quantitative estimate of drug-likeness (QED) is 0.0388. The largest absolute Gasteiger partial charge is 0.432 e. The minimum absolute atomic E-state index is 0.0780. The van der Waals surface area contributed by atoms with Gasteiger partial charge in [-0.2, -0.15) is 0 Å². The summed E-state index contributed by atoms with van der Waals surface area (Å²) < 4.78 is 70.2.